The van der Waals surface area contributed by atoms with Gasteiger partial charge in [-0.3, -0.25) is 4.79 Å². The molecule has 1 amide bonds. The molecule has 6 nitrogen and oxygen atoms in total. The van der Waals surface area contributed by atoms with Gasteiger partial charge in [0, 0.05) is 26.2 Å². The Morgan fingerprint density at radius 3 is 2.37 bits per heavy atom. The summed E-state index contributed by atoms with van der Waals surface area (Å²) in [7, 11) is -3.67. The Bertz CT molecular complexity index is 613. The van der Waals surface area contributed by atoms with E-state index in [1.807, 2.05) is 6.07 Å². The smallest absolute Gasteiger partial charge is 0.244 e. The van der Waals surface area contributed by atoms with E-state index in [0.717, 1.165) is 0 Å². The Kier molecular flexibility index (Phi) is 3.83. The average molecular weight is 279 g/mol. The number of piperazine rings is 1. The minimum absolute atomic E-state index is 0.0250. The molecule has 1 heterocycles. The fraction of sp³-hybridized carbons (Fsp3) is 0.333. The summed E-state index contributed by atoms with van der Waals surface area (Å²) in [5.74, 6) is 0. The molecular weight excluding hydrogens is 266 g/mol. The van der Waals surface area contributed by atoms with Crippen molar-refractivity contribution in [3.05, 3.63) is 29.8 Å². The Balaban J connectivity index is 2.29. The maximum atomic E-state index is 12.4. The summed E-state index contributed by atoms with van der Waals surface area (Å²) >= 11 is 0. The summed E-state index contributed by atoms with van der Waals surface area (Å²) in [6.45, 7) is 1.25. The SMILES string of the molecule is N#Cc1ccccc1S(=O)(=O)N1CCN(C=O)CC1. The molecule has 0 aromatic heterocycles. The van der Waals surface area contributed by atoms with Crippen LogP contribution in [0.2, 0.25) is 0 Å². The maximum Gasteiger partial charge on any atom is 0.244 e. The van der Waals surface area contributed by atoms with E-state index in [-0.39, 0.29) is 23.5 Å². The molecule has 1 aliphatic heterocycles. The van der Waals surface area contributed by atoms with E-state index < -0.39 is 10.0 Å². The van der Waals surface area contributed by atoms with Gasteiger partial charge in [0.15, 0.2) is 0 Å². The van der Waals surface area contributed by atoms with Crippen LogP contribution in [-0.4, -0.2) is 50.2 Å². The molecule has 0 aliphatic carbocycles. The normalized spacial score (nSPS) is 16.9. The van der Waals surface area contributed by atoms with E-state index in [4.69, 9.17) is 5.26 Å². The number of carbonyl (C=O) groups excluding carboxylic acids is 1. The third kappa shape index (κ3) is 2.59. The van der Waals surface area contributed by atoms with Gasteiger partial charge in [0.2, 0.25) is 16.4 Å². The number of hydrogen-bond acceptors (Lipinski definition) is 4. The molecule has 1 aromatic carbocycles. The lowest BCUT2D eigenvalue weighted by atomic mass is 10.2. The second kappa shape index (κ2) is 5.38. The molecule has 0 saturated carbocycles. The van der Waals surface area contributed by atoms with E-state index in [0.29, 0.717) is 19.5 Å². The molecule has 1 aliphatic rings. The van der Waals surface area contributed by atoms with Gasteiger partial charge in [-0.25, -0.2) is 8.42 Å². The topological polar surface area (TPSA) is 81.5 Å². The number of sulfonamides is 1. The van der Waals surface area contributed by atoms with Crippen LogP contribution in [0.1, 0.15) is 5.56 Å². The van der Waals surface area contributed by atoms with Crippen molar-refractivity contribution in [3.63, 3.8) is 0 Å². The molecule has 0 N–H and O–H groups in total. The molecule has 7 heteroatoms. The minimum atomic E-state index is -3.67. The highest BCUT2D eigenvalue weighted by Crippen LogP contribution is 2.20. The molecule has 1 fully saturated rings. The van der Waals surface area contributed by atoms with Crippen LogP contribution in [0.15, 0.2) is 29.2 Å². The van der Waals surface area contributed by atoms with Gasteiger partial charge >= 0.3 is 0 Å². The lowest BCUT2D eigenvalue weighted by Crippen LogP contribution is -2.48. The van der Waals surface area contributed by atoms with Gasteiger partial charge in [0.1, 0.15) is 6.07 Å². The van der Waals surface area contributed by atoms with E-state index in [1.165, 1.54) is 21.3 Å². The van der Waals surface area contributed by atoms with Gasteiger partial charge in [-0.15, -0.1) is 0 Å². The number of amides is 1. The highest BCUT2D eigenvalue weighted by molar-refractivity contribution is 7.89. The van der Waals surface area contributed by atoms with Crippen LogP contribution < -0.4 is 0 Å². The first-order valence-corrected chi connectivity index (χ1v) is 7.22. The molecule has 0 atom stereocenters. The van der Waals surface area contributed by atoms with E-state index in [2.05, 4.69) is 0 Å². The van der Waals surface area contributed by atoms with Crippen molar-refractivity contribution >= 4 is 16.4 Å². The second-order valence-electron chi connectivity index (χ2n) is 4.15. The fourth-order valence-electron chi connectivity index (χ4n) is 1.97. The zero-order valence-electron chi connectivity index (χ0n) is 10.2. The van der Waals surface area contributed by atoms with Crippen LogP contribution >= 0.6 is 0 Å². The van der Waals surface area contributed by atoms with Gasteiger partial charge in [-0.1, -0.05) is 12.1 Å². The van der Waals surface area contributed by atoms with E-state index >= 15 is 0 Å². The third-order valence-electron chi connectivity index (χ3n) is 3.05. The first-order chi connectivity index (χ1) is 9.09. The van der Waals surface area contributed by atoms with Crippen molar-refractivity contribution in [3.8, 4) is 6.07 Å². The van der Waals surface area contributed by atoms with Crippen LogP contribution in [-0.2, 0) is 14.8 Å². The second-order valence-corrected chi connectivity index (χ2v) is 6.06. The lowest BCUT2D eigenvalue weighted by molar-refractivity contribution is -0.119. The van der Waals surface area contributed by atoms with Gasteiger partial charge in [0.25, 0.3) is 0 Å². The van der Waals surface area contributed by atoms with Crippen molar-refractivity contribution in [2.45, 2.75) is 4.90 Å². The first-order valence-electron chi connectivity index (χ1n) is 5.78. The number of hydrogen-bond donors (Lipinski definition) is 0. The lowest BCUT2D eigenvalue weighted by Gasteiger charge is -2.31. The van der Waals surface area contributed by atoms with Gasteiger partial charge < -0.3 is 4.90 Å². The van der Waals surface area contributed by atoms with Crippen LogP contribution in [0.4, 0.5) is 0 Å². The maximum absolute atomic E-state index is 12.4. The summed E-state index contributed by atoms with van der Waals surface area (Å²) in [6.07, 6.45) is 0.715. The van der Waals surface area contributed by atoms with Crippen molar-refractivity contribution in [2.24, 2.45) is 0 Å². The van der Waals surface area contributed by atoms with Crippen LogP contribution in [0, 0.1) is 11.3 Å². The number of carbonyl (C=O) groups is 1. The zero-order valence-corrected chi connectivity index (χ0v) is 11.0. The van der Waals surface area contributed by atoms with Crippen molar-refractivity contribution < 1.29 is 13.2 Å². The molecular formula is C12H13N3O3S. The van der Waals surface area contributed by atoms with Crippen molar-refractivity contribution in [1.29, 1.82) is 5.26 Å². The van der Waals surface area contributed by atoms with Gasteiger partial charge in [0.05, 0.1) is 10.5 Å². The average Bonchev–Trinajstić information content (AvgIpc) is 2.47. The Morgan fingerprint density at radius 1 is 1.16 bits per heavy atom. The predicted molar refractivity (Wildman–Crippen MR) is 67.6 cm³/mol. The predicted octanol–water partition coefficient (Wildman–Crippen LogP) is 0.0210. The quantitative estimate of drug-likeness (QED) is 0.730. The number of nitrogens with zero attached hydrogens (tertiary/aromatic N) is 3. The minimum Gasteiger partial charge on any atom is -0.343 e. The molecule has 0 bridgehead atoms. The molecule has 0 radical (unpaired) electrons. The summed E-state index contributed by atoms with van der Waals surface area (Å²) in [6, 6.07) is 8.02. The van der Waals surface area contributed by atoms with Gasteiger partial charge in [-0.05, 0) is 12.1 Å². The third-order valence-corrected chi connectivity index (χ3v) is 5.00. The summed E-state index contributed by atoms with van der Waals surface area (Å²) in [5, 5.41) is 8.97. The summed E-state index contributed by atoms with van der Waals surface area (Å²) in [4.78, 5) is 12.2. The van der Waals surface area contributed by atoms with E-state index in [1.54, 1.807) is 12.1 Å². The molecule has 1 aromatic rings. The fourth-order valence-corrected chi connectivity index (χ4v) is 3.54. The van der Waals surface area contributed by atoms with Crippen molar-refractivity contribution in [2.75, 3.05) is 26.2 Å². The van der Waals surface area contributed by atoms with Crippen LogP contribution in [0.25, 0.3) is 0 Å². The van der Waals surface area contributed by atoms with Crippen LogP contribution in [0.3, 0.4) is 0 Å². The molecule has 2 rings (SSSR count). The highest BCUT2D eigenvalue weighted by atomic mass is 32.2. The molecule has 1 saturated heterocycles. The van der Waals surface area contributed by atoms with Crippen LogP contribution in [0.5, 0.6) is 0 Å². The Labute approximate surface area is 111 Å². The summed E-state index contributed by atoms with van der Waals surface area (Å²) < 4.78 is 26.2. The van der Waals surface area contributed by atoms with Gasteiger partial charge in [-0.2, -0.15) is 9.57 Å². The van der Waals surface area contributed by atoms with Crippen molar-refractivity contribution in [1.82, 2.24) is 9.21 Å². The molecule has 19 heavy (non-hydrogen) atoms. The van der Waals surface area contributed by atoms with E-state index in [9.17, 15) is 13.2 Å². The molecule has 0 unspecified atom stereocenters. The number of nitriles is 1. The number of rotatable bonds is 3. The Hall–Kier alpha value is -1.91. The Morgan fingerprint density at radius 2 is 1.79 bits per heavy atom. The summed E-state index contributed by atoms with van der Waals surface area (Å²) in [5.41, 5.74) is 0.139. The first kappa shape index (κ1) is 13.5. The zero-order chi connectivity index (χ0) is 13.9. The highest BCUT2D eigenvalue weighted by Gasteiger charge is 2.29. The number of benzene rings is 1. The largest absolute Gasteiger partial charge is 0.343 e. The monoisotopic (exact) mass is 279 g/mol. The molecule has 0 spiro atoms. The standard InChI is InChI=1S/C12H13N3O3S/c13-9-11-3-1-2-4-12(11)19(17,18)15-7-5-14(10-16)6-8-15/h1-4,10H,5-8H2. The molecule has 100 valence electrons.